The molecule has 0 aliphatic rings. The van der Waals surface area contributed by atoms with Crippen molar-refractivity contribution < 1.29 is 13.2 Å². The van der Waals surface area contributed by atoms with Gasteiger partial charge in [-0.25, -0.2) is 12.8 Å². The maximum absolute atomic E-state index is 13.2. The lowest BCUT2D eigenvalue weighted by Gasteiger charge is -2.07. The van der Waals surface area contributed by atoms with Crippen LogP contribution in [-0.2, 0) is 22.1 Å². The quantitative estimate of drug-likeness (QED) is 0.392. The SMILES string of the molecule is O=S(=O)(Cc1ccccc1)c1nnc2n(CCOc3ccccc3)c3ccccc3n12. The number of hydrogen-bond donors (Lipinski definition) is 0. The van der Waals surface area contributed by atoms with E-state index in [1.165, 1.54) is 0 Å². The predicted octanol–water partition coefficient (Wildman–Crippen LogP) is 3.74. The van der Waals surface area contributed by atoms with E-state index in [1.807, 2.05) is 77.4 Å². The summed E-state index contributed by atoms with van der Waals surface area (Å²) in [5, 5.41) is 8.24. The third kappa shape index (κ3) is 3.66. The fraction of sp³-hybridized carbons (Fsp3) is 0.130. The van der Waals surface area contributed by atoms with Crippen LogP contribution in [0.25, 0.3) is 16.8 Å². The molecule has 8 heteroatoms. The second-order valence-corrected chi connectivity index (χ2v) is 9.05. The van der Waals surface area contributed by atoms with Gasteiger partial charge in [-0.3, -0.25) is 0 Å². The monoisotopic (exact) mass is 432 g/mol. The van der Waals surface area contributed by atoms with Gasteiger partial charge < -0.3 is 9.30 Å². The van der Waals surface area contributed by atoms with Crippen molar-refractivity contribution in [3.8, 4) is 5.75 Å². The fourth-order valence-corrected chi connectivity index (χ4v) is 5.07. The van der Waals surface area contributed by atoms with Gasteiger partial charge in [0.1, 0.15) is 12.4 Å². The molecule has 0 unspecified atom stereocenters. The summed E-state index contributed by atoms with van der Waals surface area (Å²) in [5.74, 6) is 1.12. The second kappa shape index (κ2) is 7.88. The Hall–Kier alpha value is -3.65. The molecule has 3 aromatic carbocycles. The smallest absolute Gasteiger partial charge is 0.256 e. The Labute approximate surface area is 179 Å². The van der Waals surface area contributed by atoms with Gasteiger partial charge in [-0.1, -0.05) is 60.7 Å². The molecule has 0 spiro atoms. The number of benzene rings is 3. The molecule has 5 aromatic rings. The largest absolute Gasteiger partial charge is 0.492 e. The van der Waals surface area contributed by atoms with Crippen LogP contribution in [0.4, 0.5) is 0 Å². The number of ether oxygens (including phenoxy) is 1. The van der Waals surface area contributed by atoms with Crippen molar-refractivity contribution in [1.29, 1.82) is 0 Å². The summed E-state index contributed by atoms with van der Waals surface area (Å²) in [6.45, 7) is 0.917. The summed E-state index contributed by atoms with van der Waals surface area (Å²) >= 11 is 0. The molecule has 0 radical (unpaired) electrons. The Balaban J connectivity index is 1.53. The molecular weight excluding hydrogens is 412 g/mol. The zero-order valence-corrected chi connectivity index (χ0v) is 17.4. The average Bonchev–Trinajstić information content (AvgIpc) is 3.35. The van der Waals surface area contributed by atoms with Gasteiger partial charge in [-0.05, 0) is 29.8 Å². The van der Waals surface area contributed by atoms with Crippen LogP contribution >= 0.6 is 0 Å². The van der Waals surface area contributed by atoms with Crippen LogP contribution in [0, 0.1) is 0 Å². The van der Waals surface area contributed by atoms with Crippen LogP contribution in [0.3, 0.4) is 0 Å². The number of aromatic nitrogens is 4. The molecule has 0 bridgehead atoms. The predicted molar refractivity (Wildman–Crippen MR) is 118 cm³/mol. The van der Waals surface area contributed by atoms with Crippen molar-refractivity contribution in [2.75, 3.05) is 6.61 Å². The van der Waals surface area contributed by atoms with E-state index in [0.717, 1.165) is 16.8 Å². The normalized spacial score (nSPS) is 11.9. The lowest BCUT2D eigenvalue weighted by atomic mass is 10.2. The first-order chi connectivity index (χ1) is 15.1. The summed E-state index contributed by atoms with van der Waals surface area (Å²) in [6, 6.07) is 26.3. The summed E-state index contributed by atoms with van der Waals surface area (Å²) in [7, 11) is -3.69. The zero-order chi connectivity index (χ0) is 21.3. The van der Waals surface area contributed by atoms with E-state index in [2.05, 4.69) is 10.2 Å². The first-order valence-electron chi connectivity index (χ1n) is 9.90. The summed E-state index contributed by atoms with van der Waals surface area (Å²) in [5.41, 5.74) is 2.33. The van der Waals surface area contributed by atoms with Gasteiger partial charge in [-0.2, -0.15) is 0 Å². The van der Waals surface area contributed by atoms with Crippen molar-refractivity contribution in [3.05, 3.63) is 90.5 Å². The van der Waals surface area contributed by atoms with Gasteiger partial charge in [0.15, 0.2) is 0 Å². The van der Waals surface area contributed by atoms with E-state index in [4.69, 9.17) is 4.74 Å². The average molecular weight is 433 g/mol. The molecule has 0 aliphatic heterocycles. The maximum Gasteiger partial charge on any atom is 0.256 e. The van der Waals surface area contributed by atoms with Gasteiger partial charge >= 0.3 is 0 Å². The molecule has 5 rings (SSSR count). The topological polar surface area (TPSA) is 78.5 Å². The Morgan fingerprint density at radius 1 is 0.774 bits per heavy atom. The third-order valence-electron chi connectivity index (χ3n) is 5.08. The first-order valence-corrected chi connectivity index (χ1v) is 11.6. The Bertz CT molecular complexity index is 1440. The molecular formula is C23H20N4O3S. The fourth-order valence-electron chi connectivity index (χ4n) is 3.69. The van der Waals surface area contributed by atoms with Crippen molar-refractivity contribution in [2.24, 2.45) is 0 Å². The van der Waals surface area contributed by atoms with Gasteiger partial charge in [0, 0.05) is 0 Å². The molecule has 7 nitrogen and oxygen atoms in total. The zero-order valence-electron chi connectivity index (χ0n) is 16.6. The Morgan fingerprint density at radius 2 is 1.42 bits per heavy atom. The van der Waals surface area contributed by atoms with Gasteiger partial charge in [0.2, 0.25) is 15.6 Å². The Kier molecular flexibility index (Phi) is 4.91. The number of sulfone groups is 1. The van der Waals surface area contributed by atoms with E-state index in [-0.39, 0.29) is 10.9 Å². The number of nitrogens with zero attached hydrogens (tertiary/aromatic N) is 4. The van der Waals surface area contributed by atoms with Crippen molar-refractivity contribution >= 4 is 26.6 Å². The van der Waals surface area contributed by atoms with Crippen LogP contribution in [-0.4, -0.2) is 34.2 Å². The standard InChI is InChI=1S/C23H20N4O3S/c28-31(29,17-18-9-3-1-4-10-18)23-25-24-22-26(15-16-30-19-11-5-2-6-12-19)20-13-7-8-14-21(20)27(22)23/h1-14H,15-17H2. The van der Waals surface area contributed by atoms with E-state index < -0.39 is 9.84 Å². The van der Waals surface area contributed by atoms with Gasteiger partial charge in [0.25, 0.3) is 5.16 Å². The third-order valence-corrected chi connectivity index (χ3v) is 6.61. The van der Waals surface area contributed by atoms with Crippen LogP contribution in [0.5, 0.6) is 5.75 Å². The lowest BCUT2D eigenvalue weighted by molar-refractivity contribution is 0.301. The second-order valence-electron chi connectivity index (χ2n) is 7.16. The molecule has 31 heavy (non-hydrogen) atoms. The van der Waals surface area contributed by atoms with Gasteiger partial charge in [0.05, 0.1) is 23.3 Å². The molecule has 156 valence electrons. The van der Waals surface area contributed by atoms with Crippen LogP contribution in [0.2, 0.25) is 0 Å². The van der Waals surface area contributed by atoms with Crippen molar-refractivity contribution in [3.63, 3.8) is 0 Å². The van der Waals surface area contributed by atoms with E-state index in [1.54, 1.807) is 16.5 Å². The highest BCUT2D eigenvalue weighted by Gasteiger charge is 2.26. The van der Waals surface area contributed by atoms with Crippen molar-refractivity contribution in [1.82, 2.24) is 19.2 Å². The van der Waals surface area contributed by atoms with Crippen LogP contribution in [0.15, 0.2) is 90.1 Å². The molecule has 0 atom stereocenters. The summed E-state index contributed by atoms with van der Waals surface area (Å²) in [6.07, 6.45) is 0. The molecule has 2 aromatic heterocycles. The molecule has 0 aliphatic carbocycles. The highest BCUT2D eigenvalue weighted by atomic mass is 32.2. The molecule has 0 amide bonds. The van der Waals surface area contributed by atoms with Crippen LogP contribution < -0.4 is 4.74 Å². The maximum atomic E-state index is 13.2. The minimum atomic E-state index is -3.69. The van der Waals surface area contributed by atoms with Crippen molar-refractivity contribution in [2.45, 2.75) is 17.5 Å². The van der Waals surface area contributed by atoms with Gasteiger partial charge in [-0.15, -0.1) is 10.2 Å². The molecule has 0 saturated heterocycles. The number of para-hydroxylation sites is 3. The van der Waals surface area contributed by atoms with Crippen LogP contribution in [0.1, 0.15) is 5.56 Å². The molecule has 2 heterocycles. The van der Waals surface area contributed by atoms with E-state index in [9.17, 15) is 8.42 Å². The molecule has 0 saturated carbocycles. The van der Waals surface area contributed by atoms with E-state index >= 15 is 0 Å². The minimum absolute atomic E-state index is 0.0507. The van der Waals surface area contributed by atoms with E-state index in [0.29, 0.717) is 24.5 Å². The first kappa shape index (κ1) is 19.3. The highest BCUT2D eigenvalue weighted by molar-refractivity contribution is 7.90. The molecule has 0 N–H and O–H groups in total. The number of fused-ring (bicyclic) bond motifs is 3. The number of imidazole rings is 1. The summed E-state index contributed by atoms with van der Waals surface area (Å²) < 4.78 is 35.7. The highest BCUT2D eigenvalue weighted by Crippen LogP contribution is 2.25. The summed E-state index contributed by atoms with van der Waals surface area (Å²) in [4.78, 5) is 0. The Morgan fingerprint density at radius 3 is 2.16 bits per heavy atom. The number of rotatable bonds is 7. The lowest BCUT2D eigenvalue weighted by Crippen LogP contribution is -2.09. The molecule has 0 fully saturated rings. The minimum Gasteiger partial charge on any atom is -0.492 e. The number of hydrogen-bond acceptors (Lipinski definition) is 5.